The van der Waals surface area contributed by atoms with Gasteiger partial charge in [-0.05, 0) is 42.0 Å². The first-order valence-corrected chi connectivity index (χ1v) is 9.57. The molecule has 2 amide bonds. The van der Waals surface area contributed by atoms with Gasteiger partial charge in [-0.15, -0.1) is 0 Å². The molecule has 3 aromatic rings. The molecular formula is C24H25N3O3. The Morgan fingerprint density at radius 2 is 1.67 bits per heavy atom. The smallest absolute Gasteiger partial charge is 0.255 e. The average Bonchev–Trinajstić information content (AvgIpc) is 2.78. The van der Waals surface area contributed by atoms with Crippen molar-refractivity contribution >= 4 is 23.2 Å². The lowest BCUT2D eigenvalue weighted by Gasteiger charge is -2.18. The van der Waals surface area contributed by atoms with Crippen molar-refractivity contribution in [2.45, 2.75) is 6.54 Å². The third-order valence-corrected chi connectivity index (χ3v) is 4.61. The molecule has 0 spiro atoms. The van der Waals surface area contributed by atoms with Gasteiger partial charge in [0.05, 0.1) is 12.7 Å². The summed E-state index contributed by atoms with van der Waals surface area (Å²) in [6.07, 6.45) is 0. The molecule has 0 radical (unpaired) electrons. The predicted octanol–water partition coefficient (Wildman–Crippen LogP) is 3.94. The van der Waals surface area contributed by atoms with Gasteiger partial charge in [0.25, 0.3) is 11.8 Å². The lowest BCUT2D eigenvalue weighted by Crippen LogP contribution is -2.25. The van der Waals surface area contributed by atoms with Crippen LogP contribution in [0.2, 0.25) is 0 Å². The van der Waals surface area contributed by atoms with E-state index in [-0.39, 0.29) is 11.8 Å². The van der Waals surface area contributed by atoms with Crippen molar-refractivity contribution in [3.05, 3.63) is 89.5 Å². The fraction of sp³-hybridized carbons (Fsp3) is 0.167. The SMILES string of the molecule is COc1cccc(C(=O)Nc2ccc(N(C)C)c(C(=O)NCc3ccccc3)c2)c1. The molecule has 0 aromatic heterocycles. The molecule has 6 nitrogen and oxygen atoms in total. The van der Waals surface area contributed by atoms with E-state index in [4.69, 9.17) is 4.74 Å². The second-order valence-corrected chi connectivity index (χ2v) is 6.98. The van der Waals surface area contributed by atoms with Crippen LogP contribution in [0.5, 0.6) is 5.75 Å². The molecule has 0 atom stereocenters. The summed E-state index contributed by atoms with van der Waals surface area (Å²) < 4.78 is 5.17. The molecule has 6 heteroatoms. The molecule has 30 heavy (non-hydrogen) atoms. The molecule has 0 fully saturated rings. The average molecular weight is 403 g/mol. The third kappa shape index (κ3) is 5.17. The molecule has 0 unspecified atom stereocenters. The van der Waals surface area contributed by atoms with Crippen molar-refractivity contribution in [3.8, 4) is 5.75 Å². The number of benzene rings is 3. The minimum Gasteiger partial charge on any atom is -0.497 e. The van der Waals surface area contributed by atoms with Crippen molar-refractivity contribution in [1.29, 1.82) is 0 Å². The fourth-order valence-electron chi connectivity index (χ4n) is 3.03. The van der Waals surface area contributed by atoms with Crippen LogP contribution in [0.3, 0.4) is 0 Å². The molecule has 0 saturated carbocycles. The van der Waals surface area contributed by atoms with Crippen LogP contribution >= 0.6 is 0 Å². The lowest BCUT2D eigenvalue weighted by molar-refractivity contribution is 0.0950. The van der Waals surface area contributed by atoms with E-state index < -0.39 is 0 Å². The van der Waals surface area contributed by atoms with E-state index in [1.165, 1.54) is 0 Å². The number of hydrogen-bond donors (Lipinski definition) is 2. The van der Waals surface area contributed by atoms with Crippen LogP contribution in [0, 0.1) is 0 Å². The van der Waals surface area contributed by atoms with E-state index in [0.717, 1.165) is 11.3 Å². The molecule has 3 aromatic carbocycles. The van der Waals surface area contributed by atoms with Crippen LogP contribution in [0.4, 0.5) is 11.4 Å². The van der Waals surface area contributed by atoms with Crippen molar-refractivity contribution in [1.82, 2.24) is 5.32 Å². The summed E-state index contributed by atoms with van der Waals surface area (Å²) in [6, 6.07) is 21.9. The summed E-state index contributed by atoms with van der Waals surface area (Å²) in [5.74, 6) is 0.119. The number of rotatable bonds is 7. The van der Waals surface area contributed by atoms with Crippen LogP contribution in [-0.4, -0.2) is 33.0 Å². The van der Waals surface area contributed by atoms with Gasteiger partial charge in [0, 0.05) is 37.6 Å². The second-order valence-electron chi connectivity index (χ2n) is 6.98. The number of anilines is 2. The zero-order chi connectivity index (χ0) is 21.5. The van der Waals surface area contributed by atoms with Crippen LogP contribution in [0.15, 0.2) is 72.8 Å². The Morgan fingerprint density at radius 3 is 2.37 bits per heavy atom. The standard InChI is InChI=1S/C24H25N3O3/c1-27(2)22-13-12-19(26-23(28)18-10-7-11-20(14-18)30-3)15-21(22)24(29)25-16-17-8-5-4-6-9-17/h4-15H,16H2,1-3H3,(H,25,29)(H,26,28). The van der Waals surface area contributed by atoms with E-state index in [2.05, 4.69) is 10.6 Å². The normalized spacial score (nSPS) is 10.2. The van der Waals surface area contributed by atoms with Gasteiger partial charge in [0.2, 0.25) is 0 Å². The molecule has 0 aliphatic rings. The van der Waals surface area contributed by atoms with E-state index in [9.17, 15) is 9.59 Å². The maximum atomic E-state index is 12.9. The van der Waals surface area contributed by atoms with Gasteiger partial charge in [-0.3, -0.25) is 9.59 Å². The Kier molecular flexibility index (Phi) is 6.70. The summed E-state index contributed by atoms with van der Waals surface area (Å²) in [6.45, 7) is 0.424. The Balaban J connectivity index is 1.79. The van der Waals surface area contributed by atoms with Gasteiger partial charge in [-0.25, -0.2) is 0 Å². The number of nitrogens with one attached hydrogen (secondary N) is 2. The predicted molar refractivity (Wildman–Crippen MR) is 119 cm³/mol. The second kappa shape index (κ2) is 9.60. The number of hydrogen-bond acceptors (Lipinski definition) is 4. The summed E-state index contributed by atoms with van der Waals surface area (Å²) >= 11 is 0. The quantitative estimate of drug-likeness (QED) is 0.627. The highest BCUT2D eigenvalue weighted by atomic mass is 16.5. The first-order chi connectivity index (χ1) is 14.5. The monoisotopic (exact) mass is 403 g/mol. The zero-order valence-electron chi connectivity index (χ0n) is 17.3. The number of amides is 2. The lowest BCUT2D eigenvalue weighted by atomic mass is 10.1. The number of methoxy groups -OCH3 is 1. The molecule has 3 rings (SSSR count). The van der Waals surface area contributed by atoms with Gasteiger partial charge in [0.15, 0.2) is 0 Å². The van der Waals surface area contributed by atoms with E-state index >= 15 is 0 Å². The number of ether oxygens (including phenoxy) is 1. The van der Waals surface area contributed by atoms with Gasteiger partial charge < -0.3 is 20.3 Å². The Hall–Kier alpha value is -3.80. The molecule has 154 valence electrons. The Bertz CT molecular complexity index is 1030. The molecule has 0 saturated heterocycles. The molecule has 0 aliphatic heterocycles. The highest BCUT2D eigenvalue weighted by Crippen LogP contribution is 2.24. The Labute approximate surface area is 176 Å². The molecule has 0 heterocycles. The highest BCUT2D eigenvalue weighted by Gasteiger charge is 2.15. The van der Waals surface area contributed by atoms with E-state index in [1.807, 2.05) is 55.4 Å². The van der Waals surface area contributed by atoms with Crippen molar-refractivity contribution < 1.29 is 14.3 Å². The highest BCUT2D eigenvalue weighted by molar-refractivity contribution is 6.06. The summed E-state index contributed by atoms with van der Waals surface area (Å²) in [7, 11) is 5.30. The minimum absolute atomic E-state index is 0.208. The summed E-state index contributed by atoms with van der Waals surface area (Å²) in [5, 5.41) is 5.79. The van der Waals surface area contributed by atoms with Crippen LogP contribution in [-0.2, 0) is 6.54 Å². The van der Waals surface area contributed by atoms with Gasteiger partial charge >= 0.3 is 0 Å². The zero-order valence-corrected chi connectivity index (χ0v) is 17.3. The maximum Gasteiger partial charge on any atom is 0.255 e. The largest absolute Gasteiger partial charge is 0.497 e. The summed E-state index contributed by atoms with van der Waals surface area (Å²) in [4.78, 5) is 27.3. The van der Waals surface area contributed by atoms with Crippen LogP contribution in [0.1, 0.15) is 26.3 Å². The van der Waals surface area contributed by atoms with E-state index in [0.29, 0.717) is 29.1 Å². The molecule has 0 aliphatic carbocycles. The molecular weight excluding hydrogens is 378 g/mol. The van der Waals surface area contributed by atoms with Gasteiger partial charge in [-0.2, -0.15) is 0 Å². The minimum atomic E-state index is -0.276. The van der Waals surface area contributed by atoms with Crippen LogP contribution in [0.25, 0.3) is 0 Å². The molecule has 2 N–H and O–H groups in total. The van der Waals surface area contributed by atoms with Gasteiger partial charge in [-0.1, -0.05) is 36.4 Å². The topological polar surface area (TPSA) is 70.7 Å². The van der Waals surface area contributed by atoms with Crippen molar-refractivity contribution in [3.63, 3.8) is 0 Å². The van der Waals surface area contributed by atoms with Gasteiger partial charge in [0.1, 0.15) is 5.75 Å². The fourth-order valence-corrected chi connectivity index (χ4v) is 3.03. The summed E-state index contributed by atoms with van der Waals surface area (Å²) in [5.41, 5.74) is 3.28. The number of carbonyl (C=O) groups is 2. The third-order valence-electron chi connectivity index (χ3n) is 4.61. The Morgan fingerprint density at radius 1 is 0.900 bits per heavy atom. The maximum absolute atomic E-state index is 12.9. The number of nitrogens with zero attached hydrogens (tertiary/aromatic N) is 1. The van der Waals surface area contributed by atoms with Crippen molar-refractivity contribution in [2.24, 2.45) is 0 Å². The number of carbonyl (C=O) groups excluding carboxylic acids is 2. The van der Waals surface area contributed by atoms with E-state index in [1.54, 1.807) is 43.5 Å². The van der Waals surface area contributed by atoms with Crippen molar-refractivity contribution in [2.75, 3.05) is 31.4 Å². The van der Waals surface area contributed by atoms with Crippen LogP contribution < -0.4 is 20.3 Å². The first-order valence-electron chi connectivity index (χ1n) is 9.57. The first kappa shape index (κ1) is 20.9. The molecule has 0 bridgehead atoms.